The van der Waals surface area contributed by atoms with Crippen molar-refractivity contribution in [2.45, 2.75) is 37.2 Å². The zero-order chi connectivity index (χ0) is 15.6. The van der Waals surface area contributed by atoms with Crippen LogP contribution in [0.1, 0.15) is 25.3 Å². The van der Waals surface area contributed by atoms with E-state index < -0.39 is 5.60 Å². The second-order valence-electron chi connectivity index (χ2n) is 5.83. The van der Waals surface area contributed by atoms with Crippen molar-refractivity contribution in [2.75, 3.05) is 12.3 Å². The fourth-order valence-corrected chi connectivity index (χ4v) is 4.21. The maximum Gasteiger partial charge on any atom is 0.124 e. The Bertz CT molecular complexity index is 666. The van der Waals surface area contributed by atoms with Crippen molar-refractivity contribution in [3.8, 4) is 0 Å². The van der Waals surface area contributed by atoms with E-state index in [0.717, 1.165) is 35.1 Å². The van der Waals surface area contributed by atoms with E-state index in [0.29, 0.717) is 18.3 Å². The van der Waals surface area contributed by atoms with E-state index in [4.69, 9.17) is 0 Å². The average Bonchev–Trinajstić information content (AvgIpc) is 2.51. The summed E-state index contributed by atoms with van der Waals surface area (Å²) in [5.74, 6) is 0.768. The first-order valence-corrected chi connectivity index (χ1v) is 8.75. The number of thioether (sulfide) groups is 1. The predicted octanol–water partition coefficient (Wildman–Crippen LogP) is 3.11. The number of aliphatic hydroxyl groups is 1. The van der Waals surface area contributed by atoms with Crippen LogP contribution in [0.3, 0.4) is 0 Å². The molecule has 0 unspecified atom stereocenters. The van der Waals surface area contributed by atoms with Crippen LogP contribution >= 0.6 is 11.8 Å². The number of nitrogens with zero attached hydrogens (tertiary/aromatic N) is 1. The number of hydrogen-bond donors (Lipinski definition) is 2. The Balaban J connectivity index is 1.67. The highest BCUT2D eigenvalue weighted by Crippen LogP contribution is 2.40. The van der Waals surface area contributed by atoms with Crippen LogP contribution in [-0.2, 0) is 6.54 Å². The van der Waals surface area contributed by atoms with E-state index in [1.807, 2.05) is 23.9 Å². The van der Waals surface area contributed by atoms with Gasteiger partial charge in [0.2, 0.25) is 0 Å². The molecule has 0 bridgehead atoms. The monoisotopic (exact) mass is 320 g/mol. The second-order valence-corrected chi connectivity index (χ2v) is 7.31. The van der Waals surface area contributed by atoms with Crippen LogP contribution in [0.5, 0.6) is 0 Å². The smallest absolute Gasteiger partial charge is 0.124 e. The van der Waals surface area contributed by atoms with Crippen molar-refractivity contribution in [1.29, 1.82) is 0 Å². The molecule has 1 fully saturated rings. The summed E-state index contributed by atoms with van der Waals surface area (Å²) in [6, 6.07) is 6.69. The van der Waals surface area contributed by atoms with Crippen molar-refractivity contribution >= 4 is 22.7 Å². The molecule has 5 heteroatoms. The molecule has 1 heterocycles. The van der Waals surface area contributed by atoms with Gasteiger partial charge in [-0.05, 0) is 42.4 Å². The van der Waals surface area contributed by atoms with Crippen molar-refractivity contribution in [2.24, 2.45) is 0 Å². The molecule has 0 spiro atoms. The van der Waals surface area contributed by atoms with E-state index in [2.05, 4.69) is 17.2 Å². The molecule has 1 aromatic heterocycles. The highest BCUT2D eigenvalue weighted by atomic mass is 32.2. The maximum absolute atomic E-state index is 13.7. The number of fused-ring (bicyclic) bond motifs is 1. The van der Waals surface area contributed by atoms with Gasteiger partial charge in [-0.25, -0.2) is 4.39 Å². The maximum atomic E-state index is 13.7. The standard InChI is InChI=1S/C17H21FN2OS/c1-2-22-15-5-6-17(15,21)11-19-10-13-9-14(18)8-12-4-3-7-20-16(12)13/h3-4,7-9,15,19,21H,2,5-6,10-11H2,1H3/t15-,17+/m0/s1. The van der Waals surface area contributed by atoms with Gasteiger partial charge in [-0.1, -0.05) is 13.0 Å². The van der Waals surface area contributed by atoms with Gasteiger partial charge in [-0.15, -0.1) is 0 Å². The Morgan fingerprint density at radius 2 is 2.36 bits per heavy atom. The molecule has 1 saturated carbocycles. The highest BCUT2D eigenvalue weighted by Gasteiger charge is 2.44. The zero-order valence-electron chi connectivity index (χ0n) is 12.7. The van der Waals surface area contributed by atoms with Crippen molar-refractivity contribution < 1.29 is 9.50 Å². The lowest BCUT2D eigenvalue weighted by Gasteiger charge is -2.45. The molecule has 2 atom stereocenters. The number of pyridine rings is 1. The minimum absolute atomic E-state index is 0.251. The first-order valence-electron chi connectivity index (χ1n) is 7.70. The summed E-state index contributed by atoms with van der Waals surface area (Å²) in [7, 11) is 0. The highest BCUT2D eigenvalue weighted by molar-refractivity contribution is 8.00. The van der Waals surface area contributed by atoms with Gasteiger partial charge in [-0.2, -0.15) is 11.8 Å². The van der Waals surface area contributed by atoms with E-state index >= 15 is 0 Å². The van der Waals surface area contributed by atoms with Crippen LogP contribution < -0.4 is 5.32 Å². The Labute approximate surface area is 134 Å². The molecule has 3 rings (SSSR count). The first-order chi connectivity index (χ1) is 10.6. The lowest BCUT2D eigenvalue weighted by molar-refractivity contribution is -0.0234. The summed E-state index contributed by atoms with van der Waals surface area (Å²) in [5.41, 5.74) is 1.02. The molecule has 1 aliphatic carbocycles. The second kappa shape index (κ2) is 6.52. The zero-order valence-corrected chi connectivity index (χ0v) is 13.5. The third kappa shape index (κ3) is 3.12. The summed E-state index contributed by atoms with van der Waals surface area (Å²) < 4.78 is 13.7. The molecular weight excluding hydrogens is 299 g/mol. The van der Waals surface area contributed by atoms with E-state index in [9.17, 15) is 9.50 Å². The molecule has 0 aliphatic heterocycles. The average molecular weight is 320 g/mol. The van der Waals surface area contributed by atoms with Crippen molar-refractivity contribution in [3.63, 3.8) is 0 Å². The number of nitrogens with one attached hydrogen (secondary N) is 1. The molecule has 118 valence electrons. The molecule has 3 nitrogen and oxygen atoms in total. The van der Waals surface area contributed by atoms with Gasteiger partial charge >= 0.3 is 0 Å². The van der Waals surface area contributed by atoms with E-state index in [1.54, 1.807) is 6.20 Å². The fourth-order valence-electron chi connectivity index (χ4n) is 3.01. The van der Waals surface area contributed by atoms with E-state index in [1.165, 1.54) is 12.1 Å². The van der Waals surface area contributed by atoms with Gasteiger partial charge in [0, 0.05) is 29.9 Å². The van der Waals surface area contributed by atoms with Gasteiger partial charge in [-0.3, -0.25) is 4.98 Å². The lowest BCUT2D eigenvalue weighted by atomic mass is 9.79. The van der Waals surface area contributed by atoms with Gasteiger partial charge in [0.1, 0.15) is 5.82 Å². The molecule has 1 aromatic carbocycles. The molecule has 22 heavy (non-hydrogen) atoms. The summed E-state index contributed by atoms with van der Waals surface area (Å²) in [6.45, 7) is 3.16. The molecule has 0 amide bonds. The third-order valence-electron chi connectivity index (χ3n) is 4.30. The fraction of sp³-hybridized carbons (Fsp3) is 0.471. The number of halogens is 1. The molecule has 0 radical (unpaired) electrons. The van der Waals surface area contributed by atoms with Crippen LogP contribution in [0.2, 0.25) is 0 Å². The van der Waals surface area contributed by atoms with Gasteiger partial charge in [0.05, 0.1) is 11.1 Å². The SMILES string of the molecule is CCS[C@H]1CC[C@@]1(O)CNCc1cc(F)cc2cccnc12. The lowest BCUT2D eigenvalue weighted by Crippen LogP contribution is -2.56. The minimum atomic E-state index is -0.628. The Morgan fingerprint density at radius 1 is 1.50 bits per heavy atom. The molecule has 2 N–H and O–H groups in total. The quantitative estimate of drug-likeness (QED) is 0.858. The Morgan fingerprint density at radius 3 is 3.09 bits per heavy atom. The number of rotatable bonds is 6. The normalized spacial score (nSPS) is 24.4. The molecule has 0 saturated heterocycles. The van der Waals surface area contributed by atoms with E-state index in [-0.39, 0.29) is 5.82 Å². The number of hydrogen-bond acceptors (Lipinski definition) is 4. The Hall–Kier alpha value is -1.17. The molecule has 1 aliphatic rings. The molecule has 2 aromatic rings. The van der Waals surface area contributed by atoms with Crippen molar-refractivity contribution in [1.82, 2.24) is 10.3 Å². The van der Waals surface area contributed by atoms with Gasteiger partial charge in [0.25, 0.3) is 0 Å². The summed E-state index contributed by atoms with van der Waals surface area (Å²) in [5, 5.41) is 15.0. The number of aromatic nitrogens is 1. The third-order valence-corrected chi connectivity index (χ3v) is 5.71. The van der Waals surface area contributed by atoms with Crippen LogP contribution in [0, 0.1) is 5.82 Å². The minimum Gasteiger partial charge on any atom is -0.387 e. The summed E-state index contributed by atoms with van der Waals surface area (Å²) in [6.07, 6.45) is 3.62. The van der Waals surface area contributed by atoms with Gasteiger partial charge in [0.15, 0.2) is 0 Å². The number of benzene rings is 1. The largest absolute Gasteiger partial charge is 0.387 e. The van der Waals surface area contributed by atoms with Crippen LogP contribution in [-0.4, -0.2) is 33.2 Å². The predicted molar refractivity (Wildman–Crippen MR) is 89.5 cm³/mol. The van der Waals surface area contributed by atoms with Crippen molar-refractivity contribution in [3.05, 3.63) is 41.8 Å². The topological polar surface area (TPSA) is 45.1 Å². The summed E-state index contributed by atoms with van der Waals surface area (Å²) in [4.78, 5) is 4.34. The molecular formula is C17H21FN2OS. The van der Waals surface area contributed by atoms with Crippen LogP contribution in [0.4, 0.5) is 4.39 Å². The first kappa shape index (κ1) is 15.7. The van der Waals surface area contributed by atoms with Crippen LogP contribution in [0.25, 0.3) is 10.9 Å². The Kier molecular flexibility index (Phi) is 4.66. The summed E-state index contributed by atoms with van der Waals surface area (Å²) >= 11 is 1.81. The van der Waals surface area contributed by atoms with Gasteiger partial charge < -0.3 is 10.4 Å². The van der Waals surface area contributed by atoms with Crippen LogP contribution in [0.15, 0.2) is 30.5 Å².